The lowest BCUT2D eigenvalue weighted by Crippen LogP contribution is -2.36. The van der Waals surface area contributed by atoms with Crippen molar-refractivity contribution in [1.82, 2.24) is 9.47 Å². The second kappa shape index (κ2) is 5.48. The van der Waals surface area contributed by atoms with E-state index in [0.29, 0.717) is 0 Å². The topological polar surface area (TPSA) is 25.2 Å². The zero-order valence-electron chi connectivity index (χ0n) is 12.7. The first-order valence-electron chi connectivity index (χ1n) is 8.04. The Kier molecular flexibility index (Phi) is 3.34. The van der Waals surface area contributed by atoms with E-state index in [2.05, 4.69) is 0 Å². The zero-order valence-corrected chi connectivity index (χ0v) is 12.7. The van der Waals surface area contributed by atoms with Gasteiger partial charge in [-0.15, -0.1) is 0 Å². The molecule has 112 valence electrons. The van der Waals surface area contributed by atoms with Crippen LogP contribution < -0.4 is 0 Å². The second-order valence-electron chi connectivity index (χ2n) is 6.14. The molecule has 1 aromatic heterocycles. The number of carbonyl (C=O) groups is 1. The first-order chi connectivity index (χ1) is 10.8. The van der Waals surface area contributed by atoms with Gasteiger partial charge in [-0.05, 0) is 62.1 Å². The fourth-order valence-electron chi connectivity index (χ4n) is 3.21. The second-order valence-corrected chi connectivity index (χ2v) is 6.14. The third kappa shape index (κ3) is 2.59. The van der Waals surface area contributed by atoms with E-state index in [9.17, 15) is 4.79 Å². The minimum absolute atomic E-state index is 0.166. The minimum atomic E-state index is 0.166. The van der Waals surface area contributed by atoms with Crippen LogP contribution in [0.5, 0.6) is 0 Å². The van der Waals surface area contributed by atoms with Crippen LogP contribution in [0.15, 0.2) is 59.9 Å². The number of aromatic nitrogens is 1. The quantitative estimate of drug-likeness (QED) is 0.773. The number of amides is 1. The molecule has 2 aliphatic rings. The van der Waals surface area contributed by atoms with Crippen molar-refractivity contribution in [3.63, 3.8) is 0 Å². The van der Waals surface area contributed by atoms with Crippen molar-refractivity contribution in [3.05, 3.63) is 65.5 Å². The van der Waals surface area contributed by atoms with E-state index in [1.165, 1.54) is 12.8 Å². The predicted molar refractivity (Wildman–Crippen MR) is 87.2 cm³/mol. The van der Waals surface area contributed by atoms with Crippen LogP contribution in [0, 0.1) is 0 Å². The molecule has 1 saturated heterocycles. The Bertz CT molecular complexity index is 694. The van der Waals surface area contributed by atoms with Crippen LogP contribution in [0.1, 0.15) is 36.0 Å². The number of rotatable bonds is 2. The highest BCUT2D eigenvalue weighted by molar-refractivity contribution is 5.94. The number of allylic oxidation sites excluding steroid dienone is 1. The molecule has 2 heterocycles. The van der Waals surface area contributed by atoms with E-state index in [4.69, 9.17) is 0 Å². The lowest BCUT2D eigenvalue weighted by Gasteiger charge is -2.28. The zero-order chi connectivity index (χ0) is 14.9. The van der Waals surface area contributed by atoms with Gasteiger partial charge in [-0.3, -0.25) is 4.79 Å². The Morgan fingerprint density at radius 3 is 2.00 bits per heavy atom. The Morgan fingerprint density at radius 2 is 1.41 bits per heavy atom. The van der Waals surface area contributed by atoms with Gasteiger partial charge in [0.2, 0.25) is 0 Å². The van der Waals surface area contributed by atoms with Crippen LogP contribution >= 0.6 is 0 Å². The summed E-state index contributed by atoms with van der Waals surface area (Å²) in [5.74, 6) is 0.166. The molecular weight excluding hydrogens is 272 g/mol. The van der Waals surface area contributed by atoms with Crippen LogP contribution in [0.3, 0.4) is 0 Å². The van der Waals surface area contributed by atoms with Gasteiger partial charge in [0.1, 0.15) is 0 Å². The molecule has 0 atom stereocenters. The van der Waals surface area contributed by atoms with Crippen molar-refractivity contribution in [2.45, 2.75) is 25.7 Å². The summed E-state index contributed by atoms with van der Waals surface area (Å²) in [4.78, 5) is 14.6. The van der Waals surface area contributed by atoms with Crippen molar-refractivity contribution < 1.29 is 4.79 Å². The summed E-state index contributed by atoms with van der Waals surface area (Å²) in [5.41, 5.74) is 5.15. The van der Waals surface area contributed by atoms with E-state index < -0.39 is 0 Å². The summed E-state index contributed by atoms with van der Waals surface area (Å²) in [6.07, 6.45) is 8.75. The van der Waals surface area contributed by atoms with Crippen molar-refractivity contribution in [3.8, 4) is 5.69 Å². The smallest absolute Gasteiger partial charge is 0.253 e. The highest BCUT2D eigenvalue weighted by Gasteiger charge is 2.24. The lowest BCUT2D eigenvalue weighted by atomic mass is 10.0. The van der Waals surface area contributed by atoms with Crippen LogP contribution in [-0.4, -0.2) is 28.5 Å². The van der Waals surface area contributed by atoms with Gasteiger partial charge in [0.15, 0.2) is 0 Å². The van der Waals surface area contributed by atoms with Gasteiger partial charge in [0.25, 0.3) is 5.91 Å². The van der Waals surface area contributed by atoms with E-state index in [1.54, 1.807) is 11.1 Å². The van der Waals surface area contributed by atoms with Crippen molar-refractivity contribution in [1.29, 1.82) is 0 Å². The maximum atomic E-state index is 12.6. The molecule has 1 amide bonds. The molecule has 1 aliphatic heterocycles. The van der Waals surface area contributed by atoms with Crippen LogP contribution in [-0.2, 0) is 0 Å². The average molecular weight is 292 g/mol. The van der Waals surface area contributed by atoms with Crippen LogP contribution in [0.4, 0.5) is 0 Å². The number of hydrogen-bond donors (Lipinski definition) is 0. The minimum Gasteiger partial charge on any atom is -0.338 e. The van der Waals surface area contributed by atoms with E-state index in [-0.39, 0.29) is 5.91 Å². The molecule has 3 nitrogen and oxygen atoms in total. The SMILES string of the molecule is O=C(c1ccc(-n2cccc2)cc1)N1CCC(=C2CC2)CC1. The molecule has 0 N–H and O–H groups in total. The molecule has 2 fully saturated rings. The maximum Gasteiger partial charge on any atom is 0.253 e. The standard InChI is InChI=1S/C19H20N2O/c22-19(21-13-9-16(10-14-21)15-3-4-15)17-5-7-18(8-6-17)20-11-1-2-12-20/h1-2,5-8,11-12H,3-4,9-10,13-14H2. The van der Waals surface area contributed by atoms with Gasteiger partial charge in [-0.1, -0.05) is 11.1 Å². The van der Waals surface area contributed by atoms with Gasteiger partial charge in [-0.2, -0.15) is 0 Å². The predicted octanol–water partition coefficient (Wildman–Crippen LogP) is 3.80. The van der Waals surface area contributed by atoms with Gasteiger partial charge < -0.3 is 9.47 Å². The Labute approximate surface area is 130 Å². The summed E-state index contributed by atoms with van der Waals surface area (Å²) in [5, 5.41) is 0. The highest BCUT2D eigenvalue weighted by atomic mass is 16.2. The maximum absolute atomic E-state index is 12.6. The van der Waals surface area contributed by atoms with Gasteiger partial charge in [0.05, 0.1) is 0 Å². The number of piperidine rings is 1. The van der Waals surface area contributed by atoms with E-state index in [1.807, 2.05) is 58.3 Å². The molecule has 22 heavy (non-hydrogen) atoms. The molecule has 2 aromatic rings. The fraction of sp³-hybridized carbons (Fsp3) is 0.316. The van der Waals surface area contributed by atoms with Crippen LogP contribution in [0.25, 0.3) is 5.69 Å². The largest absolute Gasteiger partial charge is 0.338 e. The number of likely N-dealkylation sites (tertiary alicyclic amines) is 1. The summed E-state index contributed by atoms with van der Waals surface area (Å²) in [6, 6.07) is 11.9. The van der Waals surface area contributed by atoms with Gasteiger partial charge in [-0.25, -0.2) is 0 Å². The third-order valence-electron chi connectivity index (χ3n) is 4.67. The first kappa shape index (κ1) is 13.4. The van der Waals surface area contributed by atoms with Gasteiger partial charge >= 0.3 is 0 Å². The number of carbonyl (C=O) groups excluding carboxylic acids is 1. The van der Waals surface area contributed by atoms with Crippen molar-refractivity contribution in [2.24, 2.45) is 0 Å². The molecule has 0 unspecified atom stereocenters. The molecule has 1 aromatic carbocycles. The Hall–Kier alpha value is -2.29. The molecule has 0 spiro atoms. The van der Waals surface area contributed by atoms with E-state index in [0.717, 1.165) is 37.2 Å². The molecule has 1 saturated carbocycles. The summed E-state index contributed by atoms with van der Waals surface area (Å²) in [7, 11) is 0. The molecule has 0 bridgehead atoms. The molecule has 1 aliphatic carbocycles. The molecular formula is C19H20N2O. The van der Waals surface area contributed by atoms with Crippen LogP contribution in [0.2, 0.25) is 0 Å². The average Bonchev–Trinajstić information content (AvgIpc) is 3.29. The monoisotopic (exact) mass is 292 g/mol. The van der Waals surface area contributed by atoms with E-state index >= 15 is 0 Å². The number of benzene rings is 1. The first-order valence-corrected chi connectivity index (χ1v) is 8.04. The fourth-order valence-corrected chi connectivity index (χ4v) is 3.21. The number of nitrogens with zero attached hydrogens (tertiary/aromatic N) is 2. The Morgan fingerprint density at radius 1 is 0.818 bits per heavy atom. The Balaban J connectivity index is 1.45. The normalized spacial score (nSPS) is 17.7. The highest BCUT2D eigenvalue weighted by Crippen LogP contribution is 2.36. The third-order valence-corrected chi connectivity index (χ3v) is 4.67. The summed E-state index contributed by atoms with van der Waals surface area (Å²) in [6.45, 7) is 1.74. The summed E-state index contributed by atoms with van der Waals surface area (Å²) < 4.78 is 2.04. The van der Waals surface area contributed by atoms with Crippen molar-refractivity contribution in [2.75, 3.05) is 13.1 Å². The summed E-state index contributed by atoms with van der Waals surface area (Å²) >= 11 is 0. The molecule has 4 rings (SSSR count). The lowest BCUT2D eigenvalue weighted by molar-refractivity contribution is 0.0743. The van der Waals surface area contributed by atoms with Gasteiger partial charge in [0, 0.05) is 36.7 Å². The molecule has 0 radical (unpaired) electrons. The number of hydrogen-bond acceptors (Lipinski definition) is 1. The molecule has 3 heteroatoms. The van der Waals surface area contributed by atoms with Crippen molar-refractivity contribution >= 4 is 5.91 Å².